The van der Waals surface area contributed by atoms with Gasteiger partial charge in [0.05, 0.1) is 19.6 Å². The quantitative estimate of drug-likeness (QED) is 0.717. The summed E-state index contributed by atoms with van der Waals surface area (Å²) in [5.41, 5.74) is 4.26. The zero-order valence-corrected chi connectivity index (χ0v) is 15.1. The zero-order chi connectivity index (χ0) is 18.4. The summed E-state index contributed by atoms with van der Waals surface area (Å²) in [5.74, 6) is 0.737. The molecule has 132 valence electrons. The van der Waals surface area contributed by atoms with Crippen LogP contribution in [0, 0.1) is 6.92 Å². The topological polar surface area (TPSA) is 38.3 Å². The van der Waals surface area contributed by atoms with E-state index < -0.39 is 0 Å². The van der Waals surface area contributed by atoms with E-state index in [9.17, 15) is 4.79 Å². The van der Waals surface area contributed by atoms with E-state index in [1.807, 2.05) is 54.6 Å². The molecule has 0 saturated heterocycles. The maximum Gasteiger partial charge on any atom is 0.225 e. The van der Waals surface area contributed by atoms with Crippen molar-refractivity contribution < 1.29 is 9.53 Å². The van der Waals surface area contributed by atoms with Gasteiger partial charge < -0.3 is 10.1 Å². The Morgan fingerprint density at radius 2 is 1.62 bits per heavy atom. The predicted molar refractivity (Wildman–Crippen MR) is 104 cm³/mol. The molecular formula is C23H23NO2. The fourth-order valence-corrected chi connectivity index (χ4v) is 2.94. The van der Waals surface area contributed by atoms with Crippen molar-refractivity contribution in [2.24, 2.45) is 0 Å². The highest BCUT2D eigenvalue weighted by Gasteiger charge is 2.17. The zero-order valence-electron chi connectivity index (χ0n) is 15.1. The normalized spacial score (nSPS) is 11.6. The van der Waals surface area contributed by atoms with E-state index in [1.165, 1.54) is 5.56 Å². The number of amides is 1. The van der Waals surface area contributed by atoms with E-state index >= 15 is 0 Å². The predicted octanol–water partition coefficient (Wildman–Crippen LogP) is 4.45. The molecule has 1 atom stereocenters. The fourth-order valence-electron chi connectivity index (χ4n) is 2.94. The van der Waals surface area contributed by atoms with Gasteiger partial charge in [0, 0.05) is 0 Å². The molecule has 26 heavy (non-hydrogen) atoms. The second-order valence-electron chi connectivity index (χ2n) is 6.35. The third-order valence-electron chi connectivity index (χ3n) is 4.35. The van der Waals surface area contributed by atoms with Crippen LogP contribution in [-0.2, 0) is 11.2 Å². The average Bonchev–Trinajstić information content (AvgIpc) is 2.68. The molecule has 0 aromatic heterocycles. The van der Waals surface area contributed by atoms with E-state index in [0.29, 0.717) is 6.42 Å². The molecule has 0 aliphatic rings. The second kappa shape index (κ2) is 8.34. The van der Waals surface area contributed by atoms with Crippen molar-refractivity contribution in [3.05, 3.63) is 101 Å². The molecule has 1 amide bonds. The van der Waals surface area contributed by atoms with Crippen molar-refractivity contribution in [1.29, 1.82) is 0 Å². The van der Waals surface area contributed by atoms with E-state index in [-0.39, 0.29) is 11.9 Å². The molecule has 0 radical (unpaired) electrons. The number of carbonyl (C=O) groups excluding carboxylic acids is 1. The standard InChI is InChI=1S/C23H23NO2/c1-17-11-13-20(14-12-17)23(19-8-4-3-5-9-19)24-22(25)16-18-7-6-10-21(15-18)26-2/h3-15,23H,16H2,1-2H3,(H,24,25)/t23-/m1/s1. The van der Waals surface area contributed by atoms with Crippen LogP contribution < -0.4 is 10.1 Å². The highest BCUT2D eigenvalue weighted by atomic mass is 16.5. The first kappa shape index (κ1) is 17.7. The molecule has 0 aliphatic heterocycles. The second-order valence-corrected chi connectivity index (χ2v) is 6.35. The Labute approximate surface area is 154 Å². The number of carbonyl (C=O) groups is 1. The van der Waals surface area contributed by atoms with Crippen molar-refractivity contribution in [3.63, 3.8) is 0 Å². The van der Waals surface area contributed by atoms with Crippen LogP contribution >= 0.6 is 0 Å². The number of hydrogen-bond donors (Lipinski definition) is 1. The molecule has 0 unspecified atom stereocenters. The summed E-state index contributed by atoms with van der Waals surface area (Å²) >= 11 is 0. The Balaban J connectivity index is 1.81. The summed E-state index contributed by atoms with van der Waals surface area (Å²) in [6.07, 6.45) is 0.312. The third kappa shape index (κ3) is 4.51. The smallest absolute Gasteiger partial charge is 0.225 e. The van der Waals surface area contributed by atoms with E-state index in [1.54, 1.807) is 7.11 Å². The van der Waals surface area contributed by atoms with Crippen LogP contribution in [0.1, 0.15) is 28.3 Å². The number of hydrogen-bond acceptors (Lipinski definition) is 2. The van der Waals surface area contributed by atoms with Crippen LogP contribution in [0.2, 0.25) is 0 Å². The molecule has 0 saturated carbocycles. The first-order valence-electron chi connectivity index (χ1n) is 8.69. The number of benzene rings is 3. The summed E-state index contributed by atoms with van der Waals surface area (Å²) < 4.78 is 5.24. The minimum atomic E-state index is -0.171. The van der Waals surface area contributed by atoms with Crippen molar-refractivity contribution in [2.45, 2.75) is 19.4 Å². The van der Waals surface area contributed by atoms with Gasteiger partial charge in [-0.05, 0) is 35.7 Å². The maximum atomic E-state index is 12.7. The Kier molecular flexibility index (Phi) is 5.69. The summed E-state index contributed by atoms with van der Waals surface area (Å²) in [7, 11) is 1.63. The molecule has 3 rings (SSSR count). The number of methoxy groups -OCH3 is 1. The highest BCUT2D eigenvalue weighted by Crippen LogP contribution is 2.23. The van der Waals surface area contributed by atoms with Crippen molar-refractivity contribution in [2.75, 3.05) is 7.11 Å². The first-order chi connectivity index (χ1) is 12.7. The number of aryl methyl sites for hydroxylation is 1. The maximum absolute atomic E-state index is 12.7. The van der Waals surface area contributed by atoms with Crippen LogP contribution in [0.4, 0.5) is 0 Å². The summed E-state index contributed by atoms with van der Waals surface area (Å²) in [6, 6.07) is 25.7. The Bertz CT molecular complexity index is 857. The SMILES string of the molecule is COc1cccc(CC(=O)N[C@H](c2ccccc2)c2ccc(C)cc2)c1. The van der Waals surface area contributed by atoms with Gasteiger partial charge in [0.2, 0.25) is 5.91 Å². The number of ether oxygens (including phenoxy) is 1. The van der Waals surface area contributed by atoms with Crippen LogP contribution in [-0.4, -0.2) is 13.0 Å². The van der Waals surface area contributed by atoms with Gasteiger partial charge in [-0.2, -0.15) is 0 Å². The Hall–Kier alpha value is -3.07. The lowest BCUT2D eigenvalue weighted by atomic mass is 9.97. The molecule has 3 nitrogen and oxygen atoms in total. The van der Waals surface area contributed by atoms with Gasteiger partial charge in [-0.25, -0.2) is 0 Å². The summed E-state index contributed by atoms with van der Waals surface area (Å²) in [4.78, 5) is 12.7. The average molecular weight is 345 g/mol. The highest BCUT2D eigenvalue weighted by molar-refractivity contribution is 5.79. The minimum Gasteiger partial charge on any atom is -0.497 e. The van der Waals surface area contributed by atoms with E-state index in [2.05, 4.69) is 36.5 Å². The fraction of sp³-hybridized carbons (Fsp3) is 0.174. The van der Waals surface area contributed by atoms with Gasteiger partial charge in [-0.15, -0.1) is 0 Å². The molecule has 3 heteroatoms. The van der Waals surface area contributed by atoms with Gasteiger partial charge in [0.25, 0.3) is 0 Å². The van der Waals surface area contributed by atoms with Gasteiger partial charge in [-0.1, -0.05) is 72.3 Å². The molecule has 3 aromatic carbocycles. The van der Waals surface area contributed by atoms with E-state index in [4.69, 9.17) is 4.74 Å². The van der Waals surface area contributed by atoms with Crippen LogP contribution in [0.25, 0.3) is 0 Å². The summed E-state index contributed by atoms with van der Waals surface area (Å²) in [6.45, 7) is 2.06. The first-order valence-corrected chi connectivity index (χ1v) is 8.69. The van der Waals surface area contributed by atoms with Gasteiger partial charge in [0.15, 0.2) is 0 Å². The minimum absolute atomic E-state index is 0.0207. The van der Waals surface area contributed by atoms with Crippen LogP contribution in [0.3, 0.4) is 0 Å². The lowest BCUT2D eigenvalue weighted by molar-refractivity contribution is -0.120. The van der Waals surface area contributed by atoms with Crippen molar-refractivity contribution in [1.82, 2.24) is 5.32 Å². The molecular weight excluding hydrogens is 322 g/mol. The monoisotopic (exact) mass is 345 g/mol. The number of rotatable bonds is 6. The Morgan fingerprint density at radius 1 is 0.923 bits per heavy atom. The summed E-state index contributed by atoms with van der Waals surface area (Å²) in [5, 5.41) is 3.18. The lowest BCUT2D eigenvalue weighted by Gasteiger charge is -2.20. The van der Waals surface area contributed by atoms with Crippen LogP contribution in [0.15, 0.2) is 78.9 Å². The molecule has 3 aromatic rings. The Morgan fingerprint density at radius 3 is 2.31 bits per heavy atom. The largest absolute Gasteiger partial charge is 0.497 e. The van der Waals surface area contributed by atoms with Crippen molar-refractivity contribution in [3.8, 4) is 5.75 Å². The van der Waals surface area contributed by atoms with E-state index in [0.717, 1.165) is 22.4 Å². The van der Waals surface area contributed by atoms with Gasteiger partial charge in [-0.3, -0.25) is 4.79 Å². The third-order valence-corrected chi connectivity index (χ3v) is 4.35. The molecule has 0 spiro atoms. The van der Waals surface area contributed by atoms with Gasteiger partial charge >= 0.3 is 0 Å². The molecule has 0 bridgehead atoms. The molecule has 0 fully saturated rings. The van der Waals surface area contributed by atoms with Crippen LogP contribution in [0.5, 0.6) is 5.75 Å². The molecule has 0 heterocycles. The molecule has 1 N–H and O–H groups in total. The molecule has 0 aliphatic carbocycles. The number of nitrogens with one attached hydrogen (secondary N) is 1. The lowest BCUT2D eigenvalue weighted by Crippen LogP contribution is -2.30. The van der Waals surface area contributed by atoms with Gasteiger partial charge in [0.1, 0.15) is 5.75 Å². The van der Waals surface area contributed by atoms with Crippen molar-refractivity contribution >= 4 is 5.91 Å².